The summed E-state index contributed by atoms with van der Waals surface area (Å²) in [5.41, 5.74) is 0.993. The summed E-state index contributed by atoms with van der Waals surface area (Å²) in [4.78, 5) is 12.5. The number of sulfonamides is 1. The molecule has 2 aromatic heterocycles. The van der Waals surface area contributed by atoms with E-state index in [4.69, 9.17) is 14.4 Å². The number of nitrogens with zero attached hydrogens (tertiary/aromatic N) is 4. The van der Waals surface area contributed by atoms with Gasteiger partial charge in [0.15, 0.2) is 0 Å². The van der Waals surface area contributed by atoms with E-state index in [1.54, 1.807) is 12.4 Å². The van der Waals surface area contributed by atoms with Crippen molar-refractivity contribution < 1.29 is 22.1 Å². The topological polar surface area (TPSA) is 146 Å². The van der Waals surface area contributed by atoms with Gasteiger partial charge in [0.05, 0.1) is 10.6 Å². The van der Waals surface area contributed by atoms with Gasteiger partial charge in [0.1, 0.15) is 11.9 Å². The van der Waals surface area contributed by atoms with Crippen molar-refractivity contribution in [3.8, 4) is 6.01 Å². The fourth-order valence-corrected chi connectivity index (χ4v) is 4.21. The predicted octanol–water partition coefficient (Wildman–Crippen LogP) is 2.98. The van der Waals surface area contributed by atoms with Gasteiger partial charge in [-0.1, -0.05) is 6.42 Å². The molecule has 2 aliphatic carbocycles. The normalized spacial score (nSPS) is 20.9. The first kappa shape index (κ1) is 20.8. The van der Waals surface area contributed by atoms with Crippen molar-refractivity contribution in [3.05, 3.63) is 47.9 Å². The Kier molecular flexibility index (Phi) is 5.25. The molecule has 2 aliphatic rings. The van der Waals surface area contributed by atoms with Crippen LogP contribution in [-0.2, 0) is 10.0 Å². The molecular weight excluding hydrogens is 439 g/mol. The van der Waals surface area contributed by atoms with Gasteiger partial charge in [-0.25, -0.2) is 27.9 Å². The highest BCUT2D eigenvalue weighted by molar-refractivity contribution is 7.89. The zero-order chi connectivity index (χ0) is 22.3. The van der Waals surface area contributed by atoms with Gasteiger partial charge in [-0.2, -0.15) is 4.98 Å². The van der Waals surface area contributed by atoms with Gasteiger partial charge in [-0.3, -0.25) is 0 Å². The molecule has 0 radical (unpaired) electrons. The molecule has 168 valence electrons. The number of ether oxygens (including phenoxy) is 1. The molecule has 32 heavy (non-hydrogen) atoms. The lowest BCUT2D eigenvalue weighted by molar-refractivity contribution is 0.0848. The minimum absolute atomic E-state index is 0.0103. The van der Waals surface area contributed by atoms with E-state index in [2.05, 4.69) is 25.4 Å². The first-order chi connectivity index (χ1) is 15.3. The average molecular weight is 460 g/mol. The van der Waals surface area contributed by atoms with Gasteiger partial charge >= 0.3 is 6.01 Å². The molecule has 0 spiro atoms. The van der Waals surface area contributed by atoms with Crippen molar-refractivity contribution in [2.75, 3.05) is 5.32 Å². The highest BCUT2D eigenvalue weighted by atomic mass is 32.2. The molecule has 1 aromatic carbocycles. The van der Waals surface area contributed by atoms with Crippen LogP contribution in [0.4, 0.5) is 16.0 Å². The second-order valence-corrected chi connectivity index (χ2v) is 9.66. The van der Waals surface area contributed by atoms with Gasteiger partial charge in [-0.15, -0.1) is 0 Å². The monoisotopic (exact) mass is 460 g/mol. The summed E-state index contributed by atoms with van der Waals surface area (Å²) in [6.45, 7) is 0. The molecule has 0 amide bonds. The number of hydrogen-bond donors (Lipinski definition) is 2. The first-order valence-corrected chi connectivity index (χ1v) is 11.8. The van der Waals surface area contributed by atoms with E-state index >= 15 is 0 Å². The van der Waals surface area contributed by atoms with Crippen LogP contribution in [-0.4, -0.2) is 34.6 Å². The lowest BCUT2D eigenvalue weighted by Gasteiger charge is -2.34. The molecule has 0 aliphatic heterocycles. The highest BCUT2D eigenvalue weighted by Gasteiger charge is 2.34. The third-order valence-electron chi connectivity index (χ3n) is 5.90. The van der Waals surface area contributed by atoms with Gasteiger partial charge < -0.3 is 14.6 Å². The smallest absolute Gasteiger partial charge is 0.354 e. The van der Waals surface area contributed by atoms with Crippen LogP contribution in [0.25, 0.3) is 0 Å². The van der Waals surface area contributed by atoms with E-state index in [-0.39, 0.29) is 28.6 Å². The Balaban J connectivity index is 1.15. The Hall–Kier alpha value is -3.12. The number of aromatic nitrogens is 4. The molecule has 0 saturated heterocycles. The van der Waals surface area contributed by atoms with Crippen LogP contribution >= 0.6 is 0 Å². The number of rotatable bonds is 7. The van der Waals surface area contributed by atoms with Crippen molar-refractivity contribution in [1.29, 1.82) is 0 Å². The van der Waals surface area contributed by atoms with Crippen LogP contribution in [0.15, 0.2) is 40.0 Å². The van der Waals surface area contributed by atoms with E-state index in [9.17, 15) is 12.8 Å². The molecule has 2 heterocycles. The zero-order valence-corrected chi connectivity index (χ0v) is 17.8. The lowest BCUT2D eigenvalue weighted by Crippen LogP contribution is -2.32. The van der Waals surface area contributed by atoms with Crippen molar-refractivity contribution in [2.24, 2.45) is 5.14 Å². The number of anilines is 2. The SMILES string of the molecule is NS(=O)(=O)c1ccc(Nc2ncc(C3CC(Oc4noc(C5CCC5)n4)C3)cn2)c(F)c1. The standard InChI is InChI=1S/C20H21FN6O4S/c21-16-8-15(32(22,28)29)4-5-17(16)25-19-23-9-13(10-24-19)12-6-14(7-12)30-20-26-18(31-27-20)11-2-1-3-11/h4-5,8-12,14H,1-3,6-7H2,(H2,22,28,29)(H,23,24,25). The molecule has 12 heteroatoms. The van der Waals surface area contributed by atoms with Crippen molar-refractivity contribution in [3.63, 3.8) is 0 Å². The van der Waals surface area contributed by atoms with E-state index in [1.807, 2.05) is 0 Å². The van der Waals surface area contributed by atoms with E-state index in [0.29, 0.717) is 17.8 Å². The Labute approximate surface area is 183 Å². The number of nitrogens with one attached hydrogen (secondary N) is 1. The molecule has 3 N–H and O–H groups in total. The summed E-state index contributed by atoms with van der Waals surface area (Å²) in [6.07, 6.45) is 8.31. The predicted molar refractivity (Wildman–Crippen MR) is 110 cm³/mol. The van der Waals surface area contributed by atoms with Crippen molar-refractivity contribution >= 4 is 21.7 Å². The number of nitrogens with two attached hydrogens (primary N) is 1. The summed E-state index contributed by atoms with van der Waals surface area (Å²) in [6, 6.07) is 3.62. The summed E-state index contributed by atoms with van der Waals surface area (Å²) in [5, 5.41) is 11.6. The Morgan fingerprint density at radius 1 is 1.16 bits per heavy atom. The summed E-state index contributed by atoms with van der Waals surface area (Å²) in [7, 11) is -3.97. The van der Waals surface area contributed by atoms with Crippen molar-refractivity contribution in [2.45, 2.75) is 54.9 Å². The Morgan fingerprint density at radius 2 is 1.91 bits per heavy atom. The van der Waals surface area contributed by atoms with Crippen LogP contribution in [0.5, 0.6) is 6.01 Å². The van der Waals surface area contributed by atoms with Gasteiger partial charge in [0, 0.05) is 18.3 Å². The van der Waals surface area contributed by atoms with E-state index in [1.165, 1.54) is 18.6 Å². The number of benzene rings is 1. The molecule has 0 atom stereocenters. The molecule has 0 unspecified atom stereocenters. The number of primary sulfonamides is 1. The van der Waals surface area contributed by atoms with Crippen LogP contribution in [0, 0.1) is 5.82 Å². The maximum atomic E-state index is 14.2. The Morgan fingerprint density at radius 3 is 2.53 bits per heavy atom. The van der Waals surface area contributed by atoms with E-state index < -0.39 is 15.8 Å². The number of halogens is 1. The van der Waals surface area contributed by atoms with Crippen LogP contribution in [0.2, 0.25) is 0 Å². The maximum absolute atomic E-state index is 14.2. The minimum atomic E-state index is -3.97. The highest BCUT2D eigenvalue weighted by Crippen LogP contribution is 2.39. The van der Waals surface area contributed by atoms with Crippen LogP contribution in [0.1, 0.15) is 55.4 Å². The molecular formula is C20H21FN6O4S. The first-order valence-electron chi connectivity index (χ1n) is 10.3. The van der Waals surface area contributed by atoms with Crippen molar-refractivity contribution in [1.82, 2.24) is 20.1 Å². The third-order valence-corrected chi connectivity index (χ3v) is 6.81. The minimum Gasteiger partial charge on any atom is -0.458 e. The summed E-state index contributed by atoms with van der Waals surface area (Å²) >= 11 is 0. The fraction of sp³-hybridized carbons (Fsp3) is 0.400. The molecule has 10 nitrogen and oxygen atoms in total. The largest absolute Gasteiger partial charge is 0.458 e. The Bertz CT molecular complexity index is 1220. The van der Waals surface area contributed by atoms with Gasteiger partial charge in [0.25, 0.3) is 0 Å². The molecule has 5 rings (SSSR count). The molecule has 2 saturated carbocycles. The van der Waals surface area contributed by atoms with Crippen LogP contribution < -0.4 is 15.2 Å². The second kappa shape index (κ2) is 8.10. The summed E-state index contributed by atoms with van der Waals surface area (Å²) in [5.74, 6) is 0.703. The zero-order valence-electron chi connectivity index (χ0n) is 16.9. The summed E-state index contributed by atoms with van der Waals surface area (Å²) < 4.78 is 47.8. The van der Waals surface area contributed by atoms with Crippen LogP contribution in [0.3, 0.4) is 0 Å². The molecule has 3 aromatic rings. The molecule has 0 bridgehead atoms. The van der Waals surface area contributed by atoms with Gasteiger partial charge in [-0.05, 0) is 60.5 Å². The fourth-order valence-electron chi connectivity index (χ4n) is 3.68. The van der Waals surface area contributed by atoms with E-state index in [0.717, 1.165) is 37.3 Å². The second-order valence-electron chi connectivity index (χ2n) is 8.10. The lowest BCUT2D eigenvalue weighted by atomic mass is 9.78. The average Bonchev–Trinajstić information content (AvgIpc) is 3.12. The third kappa shape index (κ3) is 4.28. The quantitative estimate of drug-likeness (QED) is 0.543. The van der Waals surface area contributed by atoms with Gasteiger partial charge in [0.2, 0.25) is 21.9 Å². The molecule has 2 fully saturated rings. The number of hydrogen-bond acceptors (Lipinski definition) is 9. The maximum Gasteiger partial charge on any atom is 0.354 e.